The van der Waals surface area contributed by atoms with Crippen molar-refractivity contribution in [3.8, 4) is 0 Å². The molecule has 2 fully saturated rings. The van der Waals surface area contributed by atoms with Crippen molar-refractivity contribution in [2.75, 3.05) is 13.2 Å². The second kappa shape index (κ2) is 9.56. The molecule has 16 heteroatoms. The quantitative estimate of drug-likeness (QED) is 0.136. The van der Waals surface area contributed by atoms with Gasteiger partial charge in [-0.1, -0.05) is 0 Å². The van der Waals surface area contributed by atoms with Crippen LogP contribution < -0.4 is 5.32 Å². The van der Waals surface area contributed by atoms with E-state index >= 15 is 0 Å². The molecule has 0 aromatic heterocycles. The number of carboxylic acid groups (broad SMARTS) is 1. The molecule has 1 amide bonds. The first-order valence-corrected chi connectivity index (χ1v) is 9.52. The zero-order valence-electron chi connectivity index (χ0n) is 14.5. The van der Waals surface area contributed by atoms with E-state index in [0.717, 1.165) is 0 Å². The summed E-state index contributed by atoms with van der Waals surface area (Å²) in [5.74, 6) is -1.55. The Hall–Kier alpha value is -1.47. The SMILES string of the molecule is O=CNC1[C@@H](O[C@@H]2C(C(=O)O)OC[C@@H](O)C2O)OC(COS(=O)(=O)O)[C@@H](O)[C@@H]1O. The van der Waals surface area contributed by atoms with E-state index in [1.807, 2.05) is 0 Å². The molecule has 0 radical (unpaired) electrons. The molecule has 0 aliphatic carbocycles. The predicted molar refractivity (Wildman–Crippen MR) is 85.4 cm³/mol. The summed E-state index contributed by atoms with van der Waals surface area (Å²) in [4.78, 5) is 22.2. The van der Waals surface area contributed by atoms with Crippen molar-refractivity contribution in [3.05, 3.63) is 0 Å². The normalized spacial score (nSPS) is 40.9. The number of ether oxygens (including phenoxy) is 3. The number of hydrogen-bond acceptors (Lipinski definition) is 12. The standard InChI is InChI=1S/C13H21NO14S/c15-3-14-6-9(19)8(18)5(2-26-29(22,23)24)27-13(6)28-10-7(17)4(16)1-25-11(10)12(20)21/h3-11,13,16-19H,1-2H2,(H,14,15)(H,20,21)(H,22,23,24)/t4-,5?,6?,7?,8-,9-,10+,11?,13-/m1/s1. The highest BCUT2D eigenvalue weighted by molar-refractivity contribution is 7.80. The van der Waals surface area contributed by atoms with Crippen LogP contribution in [0.2, 0.25) is 0 Å². The van der Waals surface area contributed by atoms with Crippen LogP contribution in [0.3, 0.4) is 0 Å². The van der Waals surface area contributed by atoms with Gasteiger partial charge in [0.05, 0.1) is 13.2 Å². The Morgan fingerprint density at radius 3 is 2.38 bits per heavy atom. The fraction of sp³-hybridized carbons (Fsp3) is 0.846. The number of aliphatic hydroxyl groups is 4. The van der Waals surface area contributed by atoms with Crippen molar-refractivity contribution >= 4 is 22.8 Å². The number of nitrogens with one attached hydrogen (secondary N) is 1. The van der Waals surface area contributed by atoms with Gasteiger partial charge in [0.25, 0.3) is 0 Å². The van der Waals surface area contributed by atoms with Crippen molar-refractivity contribution < 1.29 is 66.5 Å². The zero-order valence-corrected chi connectivity index (χ0v) is 15.4. The van der Waals surface area contributed by atoms with E-state index in [4.69, 9.17) is 18.8 Å². The number of carbonyl (C=O) groups excluding carboxylic acids is 1. The number of carbonyl (C=O) groups is 2. The van der Waals surface area contributed by atoms with E-state index in [1.165, 1.54) is 0 Å². The van der Waals surface area contributed by atoms with Crippen LogP contribution in [0.5, 0.6) is 0 Å². The maximum atomic E-state index is 11.3. The fourth-order valence-electron chi connectivity index (χ4n) is 2.91. The summed E-state index contributed by atoms with van der Waals surface area (Å²) in [6.45, 7) is -1.48. The van der Waals surface area contributed by atoms with Gasteiger partial charge in [-0.05, 0) is 0 Å². The Labute approximate surface area is 163 Å². The van der Waals surface area contributed by atoms with E-state index < -0.39 is 84.6 Å². The molecule has 2 heterocycles. The smallest absolute Gasteiger partial charge is 0.397 e. The number of aliphatic hydroxyl groups excluding tert-OH is 4. The van der Waals surface area contributed by atoms with Gasteiger partial charge in [0.15, 0.2) is 12.4 Å². The van der Waals surface area contributed by atoms with Gasteiger partial charge in [-0.2, -0.15) is 8.42 Å². The van der Waals surface area contributed by atoms with Crippen molar-refractivity contribution in [2.24, 2.45) is 0 Å². The van der Waals surface area contributed by atoms with E-state index in [-0.39, 0.29) is 6.41 Å². The molecule has 0 spiro atoms. The minimum atomic E-state index is -4.93. The summed E-state index contributed by atoms with van der Waals surface area (Å²) in [6, 6.07) is -1.50. The minimum absolute atomic E-state index is 0.118. The molecule has 4 unspecified atom stereocenters. The highest BCUT2D eigenvalue weighted by atomic mass is 32.3. The lowest BCUT2D eigenvalue weighted by Crippen LogP contribution is -2.66. The molecule has 0 aromatic rings. The molecule has 0 bridgehead atoms. The van der Waals surface area contributed by atoms with Crippen LogP contribution in [0.1, 0.15) is 0 Å². The largest absolute Gasteiger partial charge is 0.479 e. The van der Waals surface area contributed by atoms with Gasteiger partial charge >= 0.3 is 16.4 Å². The first kappa shape index (κ1) is 23.8. The average molecular weight is 447 g/mol. The van der Waals surface area contributed by atoms with Crippen LogP contribution in [0.25, 0.3) is 0 Å². The maximum absolute atomic E-state index is 11.3. The molecule has 9 atom stereocenters. The van der Waals surface area contributed by atoms with Gasteiger partial charge in [-0.25, -0.2) is 8.98 Å². The van der Waals surface area contributed by atoms with Gasteiger partial charge < -0.3 is 45.1 Å². The molecule has 2 aliphatic heterocycles. The number of hydrogen-bond donors (Lipinski definition) is 7. The monoisotopic (exact) mass is 447 g/mol. The zero-order chi connectivity index (χ0) is 21.9. The van der Waals surface area contributed by atoms with Gasteiger partial charge in [0, 0.05) is 0 Å². The lowest BCUT2D eigenvalue weighted by molar-refractivity contribution is -0.310. The average Bonchev–Trinajstić information content (AvgIpc) is 2.62. The van der Waals surface area contributed by atoms with Crippen LogP contribution in [0.15, 0.2) is 0 Å². The molecule has 0 aromatic carbocycles. The van der Waals surface area contributed by atoms with Crippen molar-refractivity contribution in [3.63, 3.8) is 0 Å². The van der Waals surface area contributed by atoms with E-state index in [9.17, 15) is 43.5 Å². The first-order valence-electron chi connectivity index (χ1n) is 8.15. The molecule has 15 nitrogen and oxygen atoms in total. The maximum Gasteiger partial charge on any atom is 0.397 e. The van der Waals surface area contributed by atoms with E-state index in [2.05, 4.69) is 9.50 Å². The summed E-state index contributed by atoms with van der Waals surface area (Å²) in [5.41, 5.74) is 0. The molecule has 29 heavy (non-hydrogen) atoms. The number of carboxylic acids is 1. The Bertz CT molecular complexity index is 687. The van der Waals surface area contributed by atoms with Crippen molar-refractivity contribution in [1.82, 2.24) is 5.32 Å². The Kier molecular flexibility index (Phi) is 7.85. The summed E-state index contributed by atoms with van der Waals surface area (Å²) < 4.78 is 49.7. The Morgan fingerprint density at radius 1 is 1.17 bits per heavy atom. The van der Waals surface area contributed by atoms with Crippen LogP contribution >= 0.6 is 0 Å². The van der Waals surface area contributed by atoms with Crippen molar-refractivity contribution in [2.45, 2.75) is 55.1 Å². The van der Waals surface area contributed by atoms with E-state index in [0.29, 0.717) is 0 Å². The molecular weight excluding hydrogens is 426 g/mol. The third kappa shape index (κ3) is 5.79. The Morgan fingerprint density at radius 2 is 1.83 bits per heavy atom. The van der Waals surface area contributed by atoms with Crippen LogP contribution in [0, 0.1) is 0 Å². The second-order valence-corrected chi connectivity index (χ2v) is 7.39. The van der Waals surface area contributed by atoms with Crippen LogP contribution in [0.4, 0.5) is 0 Å². The van der Waals surface area contributed by atoms with Crippen molar-refractivity contribution in [1.29, 1.82) is 0 Å². The molecule has 0 saturated carbocycles. The molecular formula is C13H21NO14S. The lowest BCUT2D eigenvalue weighted by Gasteiger charge is -2.45. The summed E-state index contributed by atoms with van der Waals surface area (Å²) >= 11 is 0. The number of aliphatic carboxylic acids is 1. The van der Waals surface area contributed by atoms with E-state index in [1.54, 1.807) is 0 Å². The van der Waals surface area contributed by atoms with Crippen LogP contribution in [-0.4, -0.2) is 119 Å². The molecule has 7 N–H and O–H groups in total. The highest BCUT2D eigenvalue weighted by Crippen LogP contribution is 2.27. The highest BCUT2D eigenvalue weighted by Gasteiger charge is 2.50. The lowest BCUT2D eigenvalue weighted by atomic mass is 9.96. The Balaban J connectivity index is 2.24. The van der Waals surface area contributed by atoms with Crippen LogP contribution in [-0.2, 0) is 38.4 Å². The fourth-order valence-corrected chi connectivity index (χ4v) is 3.21. The molecule has 2 rings (SSSR count). The van der Waals surface area contributed by atoms with Gasteiger partial charge in [-0.15, -0.1) is 0 Å². The third-order valence-corrected chi connectivity index (χ3v) is 4.79. The number of amides is 1. The molecule has 2 saturated heterocycles. The first-order chi connectivity index (χ1) is 13.5. The van der Waals surface area contributed by atoms with Gasteiger partial charge in [0.2, 0.25) is 6.41 Å². The topological polar surface area (TPSA) is 239 Å². The predicted octanol–water partition coefficient (Wildman–Crippen LogP) is -5.04. The summed E-state index contributed by atoms with van der Waals surface area (Å²) in [5, 5.41) is 51.3. The van der Waals surface area contributed by atoms with Gasteiger partial charge in [0.1, 0.15) is 42.7 Å². The summed E-state index contributed by atoms with van der Waals surface area (Å²) in [6.07, 6.45) is -13.7. The second-order valence-electron chi connectivity index (χ2n) is 6.30. The summed E-state index contributed by atoms with van der Waals surface area (Å²) in [7, 11) is -4.93. The van der Waals surface area contributed by atoms with Gasteiger partial charge in [-0.3, -0.25) is 9.35 Å². The number of rotatable bonds is 8. The molecule has 2 aliphatic rings. The third-order valence-electron chi connectivity index (χ3n) is 4.35. The minimum Gasteiger partial charge on any atom is -0.479 e. The molecule has 168 valence electrons.